The van der Waals surface area contributed by atoms with Gasteiger partial charge in [0.1, 0.15) is 12.4 Å². The molecule has 1 aromatic carbocycles. The normalized spacial score (nSPS) is 33.4. The monoisotopic (exact) mass is 420 g/mol. The Balaban J connectivity index is 1.45. The van der Waals surface area contributed by atoms with Gasteiger partial charge in [-0.1, -0.05) is 12.2 Å². The number of alkyl halides is 3. The second kappa shape index (κ2) is 6.33. The van der Waals surface area contributed by atoms with E-state index in [0.717, 1.165) is 11.3 Å². The quantitative estimate of drug-likeness (QED) is 0.555. The van der Waals surface area contributed by atoms with E-state index in [1.807, 2.05) is 12.2 Å². The second-order valence-electron chi connectivity index (χ2n) is 8.33. The number of hydrogen-bond acceptors (Lipinski definition) is 4. The summed E-state index contributed by atoms with van der Waals surface area (Å²) in [5.41, 5.74) is -0.0717. The third kappa shape index (κ3) is 2.67. The lowest BCUT2D eigenvalue weighted by Crippen LogP contribution is -2.49. The van der Waals surface area contributed by atoms with Crippen molar-refractivity contribution in [2.45, 2.75) is 12.6 Å². The molecule has 4 aliphatic carbocycles. The molecule has 3 amide bonds. The number of carbonyl (C=O) groups excluding carboxylic acids is 3. The summed E-state index contributed by atoms with van der Waals surface area (Å²) < 4.78 is 44.8. The number of allylic oxidation sites excluding steroid dienone is 2. The molecule has 0 radical (unpaired) electrons. The first-order valence-corrected chi connectivity index (χ1v) is 9.78. The number of rotatable bonds is 4. The van der Waals surface area contributed by atoms with Crippen LogP contribution in [0.2, 0.25) is 0 Å². The van der Waals surface area contributed by atoms with E-state index in [4.69, 9.17) is 4.74 Å². The van der Waals surface area contributed by atoms with Gasteiger partial charge in [-0.25, -0.2) is 0 Å². The Bertz CT molecular complexity index is 922. The van der Waals surface area contributed by atoms with Crippen molar-refractivity contribution >= 4 is 23.4 Å². The van der Waals surface area contributed by atoms with Crippen LogP contribution in [-0.4, -0.2) is 42.6 Å². The number of methoxy groups -OCH3 is 1. The van der Waals surface area contributed by atoms with Gasteiger partial charge in [-0.15, -0.1) is 0 Å². The molecule has 6 rings (SSSR count). The molecule has 0 N–H and O–H groups in total. The highest BCUT2D eigenvalue weighted by atomic mass is 19.4. The van der Waals surface area contributed by atoms with E-state index in [1.165, 1.54) is 31.4 Å². The Morgan fingerprint density at radius 2 is 1.60 bits per heavy atom. The lowest BCUT2D eigenvalue weighted by molar-refractivity contribution is -0.171. The smallest absolute Gasteiger partial charge is 0.471 e. The highest BCUT2D eigenvalue weighted by Gasteiger charge is 2.67. The first-order chi connectivity index (χ1) is 14.2. The minimum absolute atomic E-state index is 0.0424. The summed E-state index contributed by atoms with van der Waals surface area (Å²) in [6.45, 7) is -0.760. The standard InChI is InChI=1S/C21H19F3N2O4/c1-30-11-4-2-10(3-5-11)25(20(29)21(22,23)24)9-26-18(27)16-12-6-7-13(15-8-14(12)15)17(16)19(26)28/h2-7,12-17H,8-9H2,1H3/t12-,13-,14-,15+,16-,17-/m1/s1. The molecule has 2 saturated carbocycles. The van der Waals surface area contributed by atoms with E-state index in [2.05, 4.69) is 0 Å². The Morgan fingerprint density at radius 1 is 1.07 bits per heavy atom. The fraction of sp³-hybridized carbons (Fsp3) is 0.476. The van der Waals surface area contributed by atoms with Crippen molar-refractivity contribution in [2.24, 2.45) is 35.5 Å². The summed E-state index contributed by atoms with van der Waals surface area (Å²) in [5.74, 6) is -3.08. The summed E-state index contributed by atoms with van der Waals surface area (Å²) in [5, 5.41) is 0. The molecule has 2 bridgehead atoms. The number of nitrogens with zero attached hydrogens (tertiary/aromatic N) is 2. The second-order valence-corrected chi connectivity index (χ2v) is 8.33. The van der Waals surface area contributed by atoms with E-state index < -0.39 is 42.4 Å². The van der Waals surface area contributed by atoms with Gasteiger partial charge in [0.15, 0.2) is 0 Å². The lowest BCUT2D eigenvalue weighted by atomic mass is 9.63. The van der Waals surface area contributed by atoms with Gasteiger partial charge >= 0.3 is 12.1 Å². The molecular formula is C21H19F3N2O4. The van der Waals surface area contributed by atoms with Gasteiger partial charge in [-0.3, -0.25) is 24.2 Å². The predicted molar refractivity (Wildman–Crippen MR) is 98.0 cm³/mol. The first kappa shape index (κ1) is 19.1. The van der Waals surface area contributed by atoms with Gasteiger partial charge in [0.25, 0.3) is 0 Å². The Labute approximate surface area is 170 Å². The number of ether oxygens (including phenoxy) is 1. The SMILES string of the molecule is COc1ccc(N(CN2C(=O)[C@@H]3[C@@H]4C=C[C@H]([C@@H]5C[C@H]45)[C@H]3C2=O)C(=O)C(F)(F)F)cc1. The average molecular weight is 420 g/mol. The molecule has 0 spiro atoms. The number of halogens is 3. The summed E-state index contributed by atoms with van der Waals surface area (Å²) in [6, 6.07) is 5.41. The summed E-state index contributed by atoms with van der Waals surface area (Å²) >= 11 is 0. The zero-order valence-electron chi connectivity index (χ0n) is 16.0. The highest BCUT2D eigenvalue weighted by molar-refractivity contribution is 6.07. The minimum atomic E-state index is -5.15. The van der Waals surface area contributed by atoms with Crippen LogP contribution in [-0.2, 0) is 14.4 Å². The largest absolute Gasteiger partial charge is 0.497 e. The molecule has 0 unspecified atom stereocenters. The van der Waals surface area contributed by atoms with Crippen LogP contribution in [0.1, 0.15) is 6.42 Å². The van der Waals surface area contributed by atoms with E-state index in [1.54, 1.807) is 0 Å². The molecule has 30 heavy (non-hydrogen) atoms. The Hall–Kier alpha value is -2.84. The summed E-state index contributed by atoms with van der Waals surface area (Å²) in [6.07, 6.45) is -0.200. The van der Waals surface area contributed by atoms with Crippen LogP contribution in [0.5, 0.6) is 5.75 Å². The van der Waals surface area contributed by atoms with Crippen molar-refractivity contribution in [2.75, 3.05) is 18.7 Å². The Kier molecular flexibility index (Phi) is 4.04. The lowest BCUT2D eigenvalue weighted by Gasteiger charge is -2.37. The molecule has 6 atom stereocenters. The van der Waals surface area contributed by atoms with Gasteiger partial charge in [-0.2, -0.15) is 13.2 Å². The van der Waals surface area contributed by atoms with Gasteiger partial charge in [0.2, 0.25) is 11.8 Å². The number of imide groups is 1. The maximum Gasteiger partial charge on any atom is 0.471 e. The molecule has 9 heteroatoms. The van der Waals surface area contributed by atoms with Gasteiger partial charge in [0, 0.05) is 5.69 Å². The van der Waals surface area contributed by atoms with E-state index in [9.17, 15) is 27.6 Å². The van der Waals surface area contributed by atoms with Crippen LogP contribution in [0.15, 0.2) is 36.4 Å². The van der Waals surface area contributed by atoms with Crippen LogP contribution >= 0.6 is 0 Å². The maximum absolute atomic E-state index is 13.3. The molecule has 158 valence electrons. The van der Waals surface area contributed by atoms with Crippen LogP contribution < -0.4 is 9.64 Å². The summed E-state index contributed by atoms with van der Waals surface area (Å²) in [7, 11) is 1.41. The van der Waals surface area contributed by atoms with Crippen LogP contribution in [0.4, 0.5) is 18.9 Å². The Morgan fingerprint density at radius 3 is 2.07 bits per heavy atom. The molecule has 1 aliphatic heterocycles. The van der Waals surface area contributed by atoms with Crippen LogP contribution in [0, 0.1) is 35.5 Å². The maximum atomic E-state index is 13.3. The van der Waals surface area contributed by atoms with Crippen molar-refractivity contribution in [1.29, 1.82) is 0 Å². The van der Waals surface area contributed by atoms with Gasteiger partial charge < -0.3 is 4.74 Å². The summed E-state index contributed by atoms with van der Waals surface area (Å²) in [4.78, 5) is 39.6. The first-order valence-electron chi connectivity index (χ1n) is 9.78. The van der Waals surface area contributed by atoms with Gasteiger partial charge in [-0.05, 0) is 54.4 Å². The third-order valence-corrected chi connectivity index (χ3v) is 6.91. The topological polar surface area (TPSA) is 66.9 Å². The van der Waals surface area contributed by atoms with Crippen molar-refractivity contribution in [3.05, 3.63) is 36.4 Å². The van der Waals surface area contributed by atoms with Crippen LogP contribution in [0.25, 0.3) is 0 Å². The molecule has 1 aromatic rings. The minimum Gasteiger partial charge on any atom is -0.497 e. The molecule has 0 aromatic heterocycles. The number of hydrogen-bond donors (Lipinski definition) is 0. The number of benzene rings is 1. The van der Waals surface area contributed by atoms with Gasteiger partial charge in [0.05, 0.1) is 18.9 Å². The fourth-order valence-corrected chi connectivity index (χ4v) is 5.48. The zero-order chi connectivity index (χ0) is 21.4. The average Bonchev–Trinajstić information content (AvgIpc) is 3.51. The van der Waals surface area contributed by atoms with E-state index in [-0.39, 0.29) is 17.5 Å². The number of likely N-dealkylation sites (tertiary alicyclic amines) is 1. The van der Waals surface area contributed by atoms with Crippen molar-refractivity contribution in [3.63, 3.8) is 0 Å². The molecule has 1 saturated heterocycles. The number of anilines is 1. The molecule has 5 aliphatic rings. The predicted octanol–water partition coefficient (Wildman–Crippen LogP) is 2.60. The van der Waals surface area contributed by atoms with Crippen molar-refractivity contribution in [3.8, 4) is 5.75 Å². The molecule has 6 nitrogen and oxygen atoms in total. The third-order valence-electron chi connectivity index (χ3n) is 6.91. The fourth-order valence-electron chi connectivity index (χ4n) is 5.48. The molecule has 3 fully saturated rings. The van der Waals surface area contributed by atoms with E-state index >= 15 is 0 Å². The number of amides is 3. The van der Waals surface area contributed by atoms with Crippen molar-refractivity contribution in [1.82, 2.24) is 4.90 Å². The number of carbonyl (C=O) groups is 3. The molecule has 1 heterocycles. The zero-order valence-corrected chi connectivity index (χ0v) is 16.0. The van der Waals surface area contributed by atoms with Crippen molar-refractivity contribution < 1.29 is 32.3 Å². The van der Waals surface area contributed by atoms with Crippen LogP contribution in [0.3, 0.4) is 0 Å². The highest BCUT2D eigenvalue weighted by Crippen LogP contribution is 2.65. The van der Waals surface area contributed by atoms with E-state index in [0.29, 0.717) is 22.5 Å². The molecular weight excluding hydrogens is 401 g/mol.